The lowest BCUT2D eigenvalue weighted by Crippen LogP contribution is -2.36. The summed E-state index contributed by atoms with van der Waals surface area (Å²) in [5.74, 6) is -0.364. The number of aliphatic hydroxyl groups is 3. The van der Waals surface area contributed by atoms with Crippen molar-refractivity contribution in [3.05, 3.63) is 0 Å². The predicted molar refractivity (Wildman–Crippen MR) is 108 cm³/mol. The van der Waals surface area contributed by atoms with Gasteiger partial charge in [-0.1, -0.05) is 103 Å². The maximum absolute atomic E-state index is 11.6. The Morgan fingerprint density at radius 3 is 1.35 bits per heavy atom. The minimum absolute atomic E-state index is 0.288. The number of ketones is 1. The molecule has 0 aliphatic heterocycles. The average Bonchev–Trinajstić information content (AvgIpc) is 2.66. The van der Waals surface area contributed by atoms with Crippen LogP contribution in [0.3, 0.4) is 0 Å². The summed E-state index contributed by atoms with van der Waals surface area (Å²) in [6.45, 7) is 1.69. The zero-order chi connectivity index (χ0) is 19.5. The van der Waals surface area contributed by atoms with Crippen molar-refractivity contribution in [3.8, 4) is 0 Å². The highest BCUT2D eigenvalue weighted by atomic mass is 16.4. The van der Waals surface area contributed by atoms with E-state index in [-0.39, 0.29) is 12.2 Å². The summed E-state index contributed by atoms with van der Waals surface area (Å²) >= 11 is 0. The molecule has 0 aromatic carbocycles. The molecule has 4 nitrogen and oxygen atoms in total. The van der Waals surface area contributed by atoms with Crippen molar-refractivity contribution >= 4 is 5.78 Å². The van der Waals surface area contributed by atoms with Crippen LogP contribution in [0.2, 0.25) is 0 Å². The Bertz CT molecular complexity index is 307. The topological polar surface area (TPSA) is 77.8 Å². The summed E-state index contributed by atoms with van der Waals surface area (Å²) in [4.78, 5) is 11.6. The third kappa shape index (κ3) is 15.8. The Hall–Kier alpha value is -0.450. The molecule has 4 heteroatoms. The largest absolute Gasteiger partial charge is 0.394 e. The van der Waals surface area contributed by atoms with Gasteiger partial charge in [-0.15, -0.1) is 0 Å². The first-order valence-electron chi connectivity index (χ1n) is 11.1. The number of hydrogen-bond donors (Lipinski definition) is 3. The molecule has 3 N–H and O–H groups in total. The van der Waals surface area contributed by atoms with Crippen LogP contribution >= 0.6 is 0 Å². The SMILES string of the molecule is CCCCCCCCCCCCCCCCCCC(=O)C(O)C(O)CO. The van der Waals surface area contributed by atoms with Crippen LogP contribution < -0.4 is 0 Å². The summed E-state index contributed by atoms with van der Waals surface area (Å²) in [6.07, 6.45) is 18.1. The molecular formula is C22H44O4. The molecule has 0 radical (unpaired) electrons. The zero-order valence-electron chi connectivity index (χ0n) is 17.1. The van der Waals surface area contributed by atoms with Crippen LogP contribution in [0.25, 0.3) is 0 Å². The molecular weight excluding hydrogens is 328 g/mol. The predicted octanol–water partition coefficient (Wildman–Crippen LogP) is 4.92. The van der Waals surface area contributed by atoms with Crippen molar-refractivity contribution in [3.63, 3.8) is 0 Å². The fraction of sp³-hybridized carbons (Fsp3) is 0.955. The van der Waals surface area contributed by atoms with E-state index in [9.17, 15) is 15.0 Å². The number of rotatable bonds is 20. The number of carbonyl (C=O) groups excluding carboxylic acids is 1. The van der Waals surface area contributed by atoms with E-state index in [1.165, 1.54) is 83.5 Å². The third-order valence-electron chi connectivity index (χ3n) is 5.16. The quantitative estimate of drug-likeness (QED) is 0.265. The number of hydrogen-bond acceptors (Lipinski definition) is 4. The molecule has 156 valence electrons. The van der Waals surface area contributed by atoms with Crippen molar-refractivity contribution in [1.82, 2.24) is 0 Å². The molecule has 2 atom stereocenters. The average molecular weight is 373 g/mol. The minimum atomic E-state index is -1.43. The Balaban J connectivity index is 3.21. The molecule has 0 aliphatic rings. The fourth-order valence-electron chi connectivity index (χ4n) is 3.31. The van der Waals surface area contributed by atoms with Crippen LogP contribution in [0.15, 0.2) is 0 Å². The second kappa shape index (κ2) is 19.3. The molecule has 0 rings (SSSR count). The summed E-state index contributed by atoms with van der Waals surface area (Å²) < 4.78 is 0. The van der Waals surface area contributed by atoms with Gasteiger partial charge in [0.15, 0.2) is 5.78 Å². The van der Waals surface area contributed by atoms with E-state index in [4.69, 9.17) is 5.11 Å². The molecule has 0 aromatic rings. The van der Waals surface area contributed by atoms with E-state index in [1.54, 1.807) is 0 Å². The number of carbonyl (C=O) groups is 1. The summed E-state index contributed by atoms with van der Waals surface area (Å²) in [5, 5.41) is 27.4. The highest BCUT2D eigenvalue weighted by Crippen LogP contribution is 2.14. The molecule has 2 unspecified atom stereocenters. The lowest BCUT2D eigenvalue weighted by atomic mass is 10.0. The standard InChI is InChI=1S/C22H44O4/c1-2-3-4-5-6-7-8-9-10-11-12-13-14-15-16-17-18-20(24)22(26)21(25)19-23/h21-23,25-26H,2-19H2,1H3. The van der Waals surface area contributed by atoms with Crippen LogP contribution in [0.1, 0.15) is 116 Å². The second-order valence-electron chi connectivity index (χ2n) is 7.71. The molecule has 0 aliphatic carbocycles. The maximum Gasteiger partial charge on any atom is 0.164 e. The Labute approximate surface area is 161 Å². The molecule has 26 heavy (non-hydrogen) atoms. The Morgan fingerprint density at radius 2 is 1.00 bits per heavy atom. The first kappa shape index (κ1) is 25.6. The fourth-order valence-corrected chi connectivity index (χ4v) is 3.31. The van der Waals surface area contributed by atoms with Gasteiger partial charge in [-0.3, -0.25) is 4.79 Å². The lowest BCUT2D eigenvalue weighted by Gasteiger charge is -2.13. The van der Waals surface area contributed by atoms with E-state index in [0.29, 0.717) is 0 Å². The van der Waals surface area contributed by atoms with Gasteiger partial charge < -0.3 is 15.3 Å². The monoisotopic (exact) mass is 372 g/mol. The molecule has 0 saturated heterocycles. The molecule has 0 heterocycles. The van der Waals surface area contributed by atoms with E-state index in [1.807, 2.05) is 0 Å². The van der Waals surface area contributed by atoms with Crippen LogP contribution in [0.5, 0.6) is 0 Å². The van der Waals surface area contributed by atoms with Crippen molar-refractivity contribution in [2.24, 2.45) is 0 Å². The maximum atomic E-state index is 11.6. The van der Waals surface area contributed by atoms with Gasteiger partial charge in [0.1, 0.15) is 12.2 Å². The van der Waals surface area contributed by atoms with Gasteiger partial charge in [-0.25, -0.2) is 0 Å². The van der Waals surface area contributed by atoms with Crippen molar-refractivity contribution < 1.29 is 20.1 Å². The first-order valence-corrected chi connectivity index (χ1v) is 11.1. The number of unbranched alkanes of at least 4 members (excludes halogenated alkanes) is 15. The molecule has 0 bridgehead atoms. The van der Waals surface area contributed by atoms with Gasteiger partial charge in [-0.05, 0) is 6.42 Å². The Kier molecular flexibility index (Phi) is 19.0. The van der Waals surface area contributed by atoms with E-state index in [0.717, 1.165) is 19.3 Å². The van der Waals surface area contributed by atoms with Crippen LogP contribution in [0, 0.1) is 0 Å². The molecule has 0 saturated carbocycles. The van der Waals surface area contributed by atoms with E-state index < -0.39 is 18.8 Å². The normalized spacial score (nSPS) is 13.7. The minimum Gasteiger partial charge on any atom is -0.394 e. The van der Waals surface area contributed by atoms with Gasteiger partial charge in [-0.2, -0.15) is 0 Å². The van der Waals surface area contributed by atoms with Gasteiger partial charge in [0.25, 0.3) is 0 Å². The smallest absolute Gasteiger partial charge is 0.164 e. The second-order valence-corrected chi connectivity index (χ2v) is 7.71. The Morgan fingerprint density at radius 1 is 0.654 bits per heavy atom. The molecule has 0 spiro atoms. The van der Waals surface area contributed by atoms with E-state index in [2.05, 4.69) is 6.92 Å². The van der Waals surface area contributed by atoms with Crippen LogP contribution in [0.4, 0.5) is 0 Å². The first-order chi connectivity index (χ1) is 12.6. The number of aliphatic hydroxyl groups excluding tert-OH is 3. The summed E-state index contributed by atoms with van der Waals surface area (Å²) in [5.41, 5.74) is 0. The molecule has 0 fully saturated rings. The summed E-state index contributed by atoms with van der Waals surface area (Å²) in [6, 6.07) is 0. The van der Waals surface area contributed by atoms with Crippen molar-refractivity contribution in [2.45, 2.75) is 128 Å². The van der Waals surface area contributed by atoms with Gasteiger partial charge in [0, 0.05) is 6.42 Å². The molecule has 0 aromatic heterocycles. The van der Waals surface area contributed by atoms with Gasteiger partial charge >= 0.3 is 0 Å². The van der Waals surface area contributed by atoms with Gasteiger partial charge in [0.05, 0.1) is 6.61 Å². The van der Waals surface area contributed by atoms with Gasteiger partial charge in [0.2, 0.25) is 0 Å². The number of Topliss-reactive ketones (excluding diaryl/α,β-unsaturated/α-hetero) is 1. The highest BCUT2D eigenvalue weighted by Gasteiger charge is 2.22. The highest BCUT2D eigenvalue weighted by molar-refractivity contribution is 5.83. The van der Waals surface area contributed by atoms with Crippen LogP contribution in [-0.4, -0.2) is 39.9 Å². The lowest BCUT2D eigenvalue weighted by molar-refractivity contribution is -0.134. The third-order valence-corrected chi connectivity index (χ3v) is 5.16. The summed E-state index contributed by atoms with van der Waals surface area (Å²) in [7, 11) is 0. The molecule has 0 amide bonds. The van der Waals surface area contributed by atoms with Crippen molar-refractivity contribution in [2.75, 3.05) is 6.61 Å². The zero-order valence-corrected chi connectivity index (χ0v) is 17.1. The van der Waals surface area contributed by atoms with Crippen LogP contribution in [-0.2, 0) is 4.79 Å². The van der Waals surface area contributed by atoms with E-state index >= 15 is 0 Å². The van der Waals surface area contributed by atoms with Crippen molar-refractivity contribution in [1.29, 1.82) is 0 Å².